The molecule has 0 bridgehead atoms. The van der Waals surface area contributed by atoms with E-state index in [2.05, 4.69) is 54.6 Å². The van der Waals surface area contributed by atoms with Crippen LogP contribution in [0.3, 0.4) is 0 Å². The van der Waals surface area contributed by atoms with Gasteiger partial charge in [0.05, 0.1) is 7.11 Å². The van der Waals surface area contributed by atoms with E-state index < -0.39 is 7.92 Å². The topological polar surface area (TPSA) is 9.23 Å². The highest BCUT2D eigenvalue weighted by molar-refractivity contribution is 7.80. The molecule has 3 aromatic carbocycles. The van der Waals surface area contributed by atoms with Gasteiger partial charge >= 0.3 is 0 Å². The fraction of sp³-hybridized carbons (Fsp3) is 0.0526. The van der Waals surface area contributed by atoms with Crippen LogP contribution in [0.2, 0.25) is 5.02 Å². The highest BCUT2D eigenvalue weighted by Gasteiger charge is 2.20. The number of benzene rings is 3. The number of halogens is 1. The van der Waals surface area contributed by atoms with Gasteiger partial charge in [0.1, 0.15) is 5.75 Å². The maximum atomic E-state index is 6.12. The van der Waals surface area contributed by atoms with E-state index in [4.69, 9.17) is 16.3 Å². The molecule has 0 atom stereocenters. The zero-order chi connectivity index (χ0) is 15.4. The first-order chi connectivity index (χ1) is 10.8. The summed E-state index contributed by atoms with van der Waals surface area (Å²) in [5, 5.41) is 4.46. The van der Waals surface area contributed by atoms with Crippen molar-refractivity contribution in [2.24, 2.45) is 0 Å². The Morgan fingerprint density at radius 3 is 1.82 bits per heavy atom. The van der Waals surface area contributed by atoms with Gasteiger partial charge in [-0.15, -0.1) is 0 Å². The monoisotopic (exact) mass is 326 g/mol. The first-order valence-electron chi connectivity index (χ1n) is 7.03. The Morgan fingerprint density at radius 1 is 0.773 bits per heavy atom. The molecule has 0 aliphatic rings. The summed E-state index contributed by atoms with van der Waals surface area (Å²) >= 11 is 6.12. The molecule has 0 radical (unpaired) electrons. The molecular formula is C19H16ClOP. The Morgan fingerprint density at radius 2 is 1.32 bits per heavy atom. The number of rotatable bonds is 4. The maximum Gasteiger partial charge on any atom is 0.128 e. The largest absolute Gasteiger partial charge is 0.496 e. The van der Waals surface area contributed by atoms with Crippen molar-refractivity contribution < 1.29 is 4.74 Å². The molecule has 0 aliphatic carbocycles. The first-order valence-corrected chi connectivity index (χ1v) is 8.75. The van der Waals surface area contributed by atoms with Crippen LogP contribution in [0.15, 0.2) is 78.9 Å². The lowest BCUT2D eigenvalue weighted by Crippen LogP contribution is -2.21. The maximum absolute atomic E-state index is 6.12. The third kappa shape index (κ3) is 3.16. The molecule has 0 spiro atoms. The van der Waals surface area contributed by atoms with Crippen LogP contribution in [0.25, 0.3) is 0 Å². The summed E-state index contributed by atoms with van der Waals surface area (Å²) in [5.41, 5.74) is 0. The third-order valence-corrected chi connectivity index (χ3v) is 6.13. The van der Waals surface area contributed by atoms with Crippen molar-refractivity contribution in [3.8, 4) is 5.75 Å². The van der Waals surface area contributed by atoms with Gasteiger partial charge in [-0.05, 0) is 36.7 Å². The van der Waals surface area contributed by atoms with Gasteiger partial charge < -0.3 is 4.74 Å². The first kappa shape index (κ1) is 15.1. The molecular weight excluding hydrogens is 311 g/mol. The van der Waals surface area contributed by atoms with Crippen molar-refractivity contribution >= 4 is 35.4 Å². The second kappa shape index (κ2) is 6.96. The van der Waals surface area contributed by atoms with Gasteiger partial charge in [-0.25, -0.2) is 0 Å². The number of ether oxygens (including phenoxy) is 1. The van der Waals surface area contributed by atoms with E-state index in [1.165, 1.54) is 15.9 Å². The average molecular weight is 327 g/mol. The molecule has 0 fully saturated rings. The molecule has 0 N–H and O–H groups in total. The molecule has 0 aromatic heterocycles. The summed E-state index contributed by atoms with van der Waals surface area (Å²) in [7, 11) is 1.02. The van der Waals surface area contributed by atoms with Crippen LogP contribution in [0, 0.1) is 0 Å². The van der Waals surface area contributed by atoms with E-state index in [-0.39, 0.29) is 0 Å². The van der Waals surface area contributed by atoms with Crippen LogP contribution in [-0.2, 0) is 0 Å². The smallest absolute Gasteiger partial charge is 0.128 e. The van der Waals surface area contributed by atoms with Crippen LogP contribution >= 0.6 is 19.5 Å². The van der Waals surface area contributed by atoms with Gasteiger partial charge in [-0.1, -0.05) is 72.3 Å². The van der Waals surface area contributed by atoms with Crippen molar-refractivity contribution in [1.29, 1.82) is 0 Å². The molecule has 3 aromatic rings. The van der Waals surface area contributed by atoms with Crippen LogP contribution in [0.4, 0.5) is 0 Å². The lowest BCUT2D eigenvalue weighted by atomic mass is 10.3. The van der Waals surface area contributed by atoms with Gasteiger partial charge in [-0.3, -0.25) is 0 Å². The molecule has 110 valence electrons. The van der Waals surface area contributed by atoms with E-state index >= 15 is 0 Å². The summed E-state index contributed by atoms with van der Waals surface area (Å²) in [5.74, 6) is 0.839. The second-order valence-corrected chi connectivity index (χ2v) is 7.44. The molecule has 0 saturated heterocycles. The third-order valence-electron chi connectivity index (χ3n) is 3.41. The number of methoxy groups -OCH3 is 1. The van der Waals surface area contributed by atoms with Gasteiger partial charge in [-0.2, -0.15) is 0 Å². The van der Waals surface area contributed by atoms with Crippen LogP contribution in [-0.4, -0.2) is 7.11 Å². The predicted octanol–water partition coefficient (Wildman–Crippen LogP) is 4.11. The van der Waals surface area contributed by atoms with E-state index in [1.807, 2.05) is 24.3 Å². The molecule has 3 rings (SSSR count). The Hall–Kier alpha value is -1.82. The molecule has 0 saturated carbocycles. The Balaban J connectivity index is 2.19. The summed E-state index contributed by atoms with van der Waals surface area (Å²) in [6.07, 6.45) is 0. The second-order valence-electron chi connectivity index (χ2n) is 4.82. The van der Waals surface area contributed by atoms with Crippen molar-refractivity contribution in [2.75, 3.05) is 7.11 Å². The molecule has 0 amide bonds. The highest BCUT2D eigenvalue weighted by Crippen LogP contribution is 2.37. The van der Waals surface area contributed by atoms with E-state index in [0.717, 1.165) is 5.75 Å². The van der Waals surface area contributed by atoms with Crippen molar-refractivity contribution in [1.82, 2.24) is 0 Å². The molecule has 3 heteroatoms. The van der Waals surface area contributed by atoms with E-state index in [9.17, 15) is 0 Å². The highest BCUT2D eigenvalue weighted by atomic mass is 35.5. The summed E-state index contributed by atoms with van der Waals surface area (Å²) in [6.45, 7) is 0. The van der Waals surface area contributed by atoms with Crippen LogP contribution < -0.4 is 20.7 Å². The number of hydrogen-bond donors (Lipinski definition) is 0. The predicted molar refractivity (Wildman–Crippen MR) is 96.7 cm³/mol. The fourth-order valence-corrected chi connectivity index (χ4v) is 4.97. The minimum atomic E-state index is -0.669. The zero-order valence-corrected chi connectivity index (χ0v) is 13.9. The summed E-state index contributed by atoms with van der Waals surface area (Å²) < 4.78 is 5.58. The van der Waals surface area contributed by atoms with Crippen molar-refractivity contribution in [3.05, 3.63) is 83.9 Å². The van der Waals surface area contributed by atoms with E-state index in [1.54, 1.807) is 7.11 Å². The van der Waals surface area contributed by atoms with Crippen molar-refractivity contribution in [2.45, 2.75) is 0 Å². The normalized spacial score (nSPS) is 10.7. The zero-order valence-electron chi connectivity index (χ0n) is 12.2. The van der Waals surface area contributed by atoms with Gasteiger partial charge in [0, 0.05) is 10.3 Å². The minimum absolute atomic E-state index is 0.669. The molecule has 1 nitrogen and oxygen atoms in total. The summed E-state index contributed by atoms with van der Waals surface area (Å²) in [4.78, 5) is 0. The molecule has 22 heavy (non-hydrogen) atoms. The van der Waals surface area contributed by atoms with Gasteiger partial charge in [0.2, 0.25) is 0 Å². The summed E-state index contributed by atoms with van der Waals surface area (Å²) in [6, 6.07) is 27.0. The average Bonchev–Trinajstić information content (AvgIpc) is 2.58. The lowest BCUT2D eigenvalue weighted by molar-refractivity contribution is 0.418. The van der Waals surface area contributed by atoms with E-state index in [0.29, 0.717) is 5.02 Å². The number of hydrogen-bond acceptors (Lipinski definition) is 1. The Kier molecular flexibility index (Phi) is 4.77. The fourth-order valence-electron chi connectivity index (χ4n) is 2.42. The van der Waals surface area contributed by atoms with Gasteiger partial charge in [0.15, 0.2) is 0 Å². The minimum Gasteiger partial charge on any atom is -0.496 e. The Bertz CT molecular complexity index is 704. The van der Waals surface area contributed by atoms with Crippen molar-refractivity contribution in [3.63, 3.8) is 0 Å². The standard InChI is InChI=1S/C19H16ClOP/c1-21-18-14-15(20)12-13-19(18)22(16-8-4-2-5-9-16)17-10-6-3-7-11-17/h2-14H,1H3. The quantitative estimate of drug-likeness (QED) is 0.656. The van der Waals surface area contributed by atoms with Crippen LogP contribution in [0.1, 0.15) is 0 Å². The molecule has 0 aliphatic heterocycles. The van der Waals surface area contributed by atoms with Crippen LogP contribution in [0.5, 0.6) is 5.75 Å². The van der Waals surface area contributed by atoms with Gasteiger partial charge in [0.25, 0.3) is 0 Å². The lowest BCUT2D eigenvalue weighted by Gasteiger charge is -2.21. The SMILES string of the molecule is COc1cc(Cl)ccc1P(c1ccccc1)c1ccccc1. The molecule has 0 heterocycles. The molecule has 0 unspecified atom stereocenters. The Labute approximate surface area is 137 Å².